The van der Waals surface area contributed by atoms with Gasteiger partial charge in [0.15, 0.2) is 0 Å². The van der Waals surface area contributed by atoms with Gasteiger partial charge in [-0.1, -0.05) is 205 Å². The zero-order valence-electron chi connectivity index (χ0n) is 32.1. The third-order valence-electron chi connectivity index (χ3n) is 9.74. The van der Waals surface area contributed by atoms with Crippen LogP contribution in [0, 0.1) is 0 Å². The van der Waals surface area contributed by atoms with Gasteiger partial charge < -0.3 is 20.6 Å². The van der Waals surface area contributed by atoms with Crippen LogP contribution in [0.25, 0.3) is 0 Å². The van der Waals surface area contributed by atoms with Crippen LogP contribution in [0.5, 0.6) is 0 Å². The largest absolute Gasteiger partial charge is 0.394 e. The van der Waals surface area contributed by atoms with E-state index in [4.69, 9.17) is 0 Å². The summed E-state index contributed by atoms with van der Waals surface area (Å²) in [4.78, 5) is 12.4. The van der Waals surface area contributed by atoms with Crippen molar-refractivity contribution in [2.24, 2.45) is 0 Å². The van der Waals surface area contributed by atoms with Gasteiger partial charge in [-0.15, -0.1) is 0 Å². The summed E-state index contributed by atoms with van der Waals surface area (Å²) < 4.78 is 0. The van der Waals surface area contributed by atoms with Crippen molar-refractivity contribution in [1.82, 2.24) is 5.32 Å². The molecule has 48 heavy (non-hydrogen) atoms. The molecule has 5 nitrogen and oxygen atoms in total. The van der Waals surface area contributed by atoms with E-state index in [0.29, 0.717) is 6.42 Å². The first kappa shape index (κ1) is 46.8. The van der Waals surface area contributed by atoms with E-state index in [2.05, 4.69) is 31.3 Å². The molecular weight excluding hydrogens is 594 g/mol. The highest BCUT2D eigenvalue weighted by Crippen LogP contribution is 2.15. The lowest BCUT2D eigenvalue weighted by molar-refractivity contribution is -0.124. The van der Waals surface area contributed by atoms with Crippen molar-refractivity contribution in [3.63, 3.8) is 0 Å². The van der Waals surface area contributed by atoms with E-state index in [0.717, 1.165) is 32.1 Å². The van der Waals surface area contributed by atoms with Crippen molar-refractivity contribution in [2.75, 3.05) is 6.61 Å². The molecule has 0 heterocycles. The maximum atomic E-state index is 12.4. The van der Waals surface area contributed by atoms with E-state index in [1.54, 1.807) is 6.08 Å². The molecule has 3 atom stereocenters. The lowest BCUT2D eigenvalue weighted by Crippen LogP contribution is -2.45. The lowest BCUT2D eigenvalue weighted by Gasteiger charge is -2.21. The lowest BCUT2D eigenvalue weighted by atomic mass is 10.0. The van der Waals surface area contributed by atoms with Crippen LogP contribution in [0.3, 0.4) is 0 Å². The van der Waals surface area contributed by atoms with E-state index in [-0.39, 0.29) is 18.9 Å². The van der Waals surface area contributed by atoms with Gasteiger partial charge in [0, 0.05) is 0 Å². The molecule has 284 valence electrons. The fraction of sp³-hybridized carbons (Fsp3) is 0.884. The third-order valence-corrected chi connectivity index (χ3v) is 9.74. The van der Waals surface area contributed by atoms with Gasteiger partial charge >= 0.3 is 0 Å². The summed E-state index contributed by atoms with van der Waals surface area (Å²) in [5.41, 5.74) is 0. The summed E-state index contributed by atoms with van der Waals surface area (Å²) in [6, 6.07) is -0.756. The van der Waals surface area contributed by atoms with E-state index >= 15 is 0 Å². The standard InChI is InChI=1S/C43H83NO4/c1-3-5-7-9-11-13-15-17-18-19-20-21-22-23-24-25-27-29-31-33-35-37-42(47)41(39-45)44-43(48)38-40(46)36-34-32-30-28-26-16-14-12-10-8-6-4-2/h27,29,35,37,40-42,45-47H,3-26,28,30-34,36,38-39H2,1-2H3,(H,44,48)/b29-27+,37-35+. The number of allylic oxidation sites excluding steroid dienone is 3. The molecule has 0 aliphatic heterocycles. The van der Waals surface area contributed by atoms with Crippen molar-refractivity contribution in [3.05, 3.63) is 24.3 Å². The molecule has 0 aromatic heterocycles. The number of hydrogen-bond acceptors (Lipinski definition) is 4. The predicted molar refractivity (Wildman–Crippen MR) is 208 cm³/mol. The second-order valence-electron chi connectivity index (χ2n) is 14.6. The minimum absolute atomic E-state index is 0.00905. The number of nitrogens with one attached hydrogen (secondary N) is 1. The van der Waals surface area contributed by atoms with Crippen LogP contribution in [0.1, 0.15) is 219 Å². The van der Waals surface area contributed by atoms with E-state index in [9.17, 15) is 20.1 Å². The Balaban J connectivity index is 3.70. The van der Waals surface area contributed by atoms with Crippen molar-refractivity contribution in [2.45, 2.75) is 238 Å². The zero-order valence-corrected chi connectivity index (χ0v) is 32.1. The van der Waals surface area contributed by atoms with Crippen LogP contribution in [0.2, 0.25) is 0 Å². The van der Waals surface area contributed by atoms with Crippen molar-refractivity contribution in [1.29, 1.82) is 0 Å². The molecule has 0 aliphatic carbocycles. The summed E-state index contributed by atoms with van der Waals surface area (Å²) >= 11 is 0. The van der Waals surface area contributed by atoms with Crippen LogP contribution in [-0.4, -0.2) is 46.1 Å². The molecule has 0 bridgehead atoms. The monoisotopic (exact) mass is 678 g/mol. The van der Waals surface area contributed by atoms with Gasteiger partial charge in [-0.05, 0) is 32.1 Å². The Hall–Kier alpha value is -1.17. The van der Waals surface area contributed by atoms with Gasteiger partial charge in [-0.3, -0.25) is 4.79 Å². The Morgan fingerprint density at radius 1 is 0.521 bits per heavy atom. The first-order chi connectivity index (χ1) is 23.5. The Bertz CT molecular complexity index is 709. The van der Waals surface area contributed by atoms with Crippen molar-refractivity contribution >= 4 is 5.91 Å². The number of unbranched alkanes of at least 4 members (excludes halogenated alkanes) is 27. The Kier molecular flexibility index (Phi) is 37.7. The number of aliphatic hydroxyl groups excluding tert-OH is 3. The molecular formula is C43H83NO4. The van der Waals surface area contributed by atoms with Gasteiger partial charge in [-0.25, -0.2) is 0 Å². The van der Waals surface area contributed by atoms with E-state index in [1.165, 1.54) is 161 Å². The Labute approximate surface area is 299 Å². The van der Waals surface area contributed by atoms with Gasteiger partial charge in [0.1, 0.15) is 0 Å². The minimum atomic E-state index is -0.947. The molecule has 0 saturated carbocycles. The average Bonchev–Trinajstić information content (AvgIpc) is 3.08. The molecule has 0 saturated heterocycles. The quantitative estimate of drug-likeness (QED) is 0.0387. The number of hydrogen-bond donors (Lipinski definition) is 4. The fourth-order valence-corrected chi connectivity index (χ4v) is 6.47. The number of aliphatic hydroxyl groups is 3. The molecule has 0 radical (unpaired) electrons. The predicted octanol–water partition coefficient (Wildman–Crippen LogP) is 11.8. The second-order valence-corrected chi connectivity index (χ2v) is 14.6. The van der Waals surface area contributed by atoms with Gasteiger partial charge in [0.2, 0.25) is 5.91 Å². The highest BCUT2D eigenvalue weighted by atomic mass is 16.3. The van der Waals surface area contributed by atoms with Crippen LogP contribution >= 0.6 is 0 Å². The first-order valence-corrected chi connectivity index (χ1v) is 21.1. The maximum Gasteiger partial charge on any atom is 0.222 e. The molecule has 0 fully saturated rings. The van der Waals surface area contributed by atoms with Crippen LogP contribution in [0.15, 0.2) is 24.3 Å². The molecule has 0 aromatic rings. The summed E-state index contributed by atoms with van der Waals surface area (Å²) in [5, 5.41) is 33.1. The highest BCUT2D eigenvalue weighted by molar-refractivity contribution is 5.76. The highest BCUT2D eigenvalue weighted by Gasteiger charge is 2.20. The minimum Gasteiger partial charge on any atom is -0.394 e. The number of carbonyl (C=O) groups is 1. The Morgan fingerprint density at radius 3 is 1.33 bits per heavy atom. The van der Waals surface area contributed by atoms with Gasteiger partial charge in [0.25, 0.3) is 0 Å². The molecule has 0 aromatic carbocycles. The number of carbonyl (C=O) groups excluding carboxylic acids is 1. The van der Waals surface area contributed by atoms with Crippen LogP contribution in [-0.2, 0) is 4.79 Å². The SMILES string of the molecule is CCCCCCCCCCCCCCCCC/C=C/CC/C=C/C(O)C(CO)NC(=O)CC(O)CCCCCCCCCCCCCC. The Morgan fingerprint density at radius 2 is 0.896 bits per heavy atom. The number of amides is 1. The molecule has 0 aliphatic rings. The summed E-state index contributed by atoms with van der Waals surface area (Å²) in [7, 11) is 0. The van der Waals surface area contributed by atoms with E-state index < -0.39 is 18.2 Å². The van der Waals surface area contributed by atoms with Crippen molar-refractivity contribution < 1.29 is 20.1 Å². The van der Waals surface area contributed by atoms with E-state index in [1.807, 2.05) is 6.08 Å². The third kappa shape index (κ3) is 34.7. The first-order valence-electron chi connectivity index (χ1n) is 21.1. The summed E-state index contributed by atoms with van der Waals surface area (Å²) in [5.74, 6) is -0.324. The summed E-state index contributed by atoms with van der Waals surface area (Å²) in [6.45, 7) is 4.20. The smallest absolute Gasteiger partial charge is 0.222 e. The average molecular weight is 678 g/mol. The number of rotatable bonds is 38. The van der Waals surface area contributed by atoms with Crippen LogP contribution in [0.4, 0.5) is 0 Å². The topological polar surface area (TPSA) is 89.8 Å². The second kappa shape index (κ2) is 38.6. The molecule has 1 amide bonds. The van der Waals surface area contributed by atoms with Gasteiger partial charge in [0.05, 0.1) is 31.3 Å². The molecule has 5 heteroatoms. The fourth-order valence-electron chi connectivity index (χ4n) is 6.47. The molecule has 0 rings (SSSR count). The summed E-state index contributed by atoms with van der Waals surface area (Å²) in [6.07, 6.45) is 46.1. The normalized spacial score (nSPS) is 13.9. The van der Waals surface area contributed by atoms with Crippen LogP contribution < -0.4 is 5.32 Å². The maximum absolute atomic E-state index is 12.4. The molecule has 3 unspecified atom stereocenters. The van der Waals surface area contributed by atoms with Gasteiger partial charge in [-0.2, -0.15) is 0 Å². The zero-order chi connectivity index (χ0) is 35.2. The molecule has 4 N–H and O–H groups in total. The van der Waals surface area contributed by atoms with Crippen molar-refractivity contribution in [3.8, 4) is 0 Å². The molecule has 0 spiro atoms.